The lowest BCUT2D eigenvalue weighted by atomic mass is 10.1. The minimum Gasteiger partial charge on any atom is -0.481 e. The molecule has 1 aromatic rings. The predicted octanol–water partition coefficient (Wildman–Crippen LogP) is 3.72. The largest absolute Gasteiger partial charge is 0.481 e. The zero-order chi connectivity index (χ0) is 14.1. The number of aliphatic carboxylic acids is 1. The van der Waals surface area contributed by atoms with Crippen LogP contribution in [-0.4, -0.2) is 24.2 Å². The predicted molar refractivity (Wildman–Crippen MR) is 79.8 cm³/mol. The van der Waals surface area contributed by atoms with Crippen molar-refractivity contribution >= 4 is 11.7 Å². The van der Waals surface area contributed by atoms with Crippen LogP contribution in [0.15, 0.2) is 24.3 Å². The Balaban J connectivity index is 2.64. The average Bonchev–Trinajstić information content (AvgIpc) is 2.41. The first-order valence-corrected chi connectivity index (χ1v) is 7.23. The lowest BCUT2D eigenvalue weighted by Gasteiger charge is -2.23. The Morgan fingerprint density at radius 2 is 1.79 bits per heavy atom. The van der Waals surface area contributed by atoms with E-state index in [9.17, 15) is 4.79 Å². The van der Waals surface area contributed by atoms with Gasteiger partial charge in [-0.15, -0.1) is 0 Å². The summed E-state index contributed by atoms with van der Waals surface area (Å²) in [4.78, 5) is 12.8. The van der Waals surface area contributed by atoms with E-state index in [0.29, 0.717) is 6.54 Å². The average molecular weight is 263 g/mol. The Kier molecular flexibility index (Phi) is 7.01. The molecule has 0 aromatic heterocycles. The fourth-order valence-electron chi connectivity index (χ4n) is 2.12. The van der Waals surface area contributed by atoms with Crippen molar-refractivity contribution in [2.45, 2.75) is 46.0 Å². The molecule has 0 bridgehead atoms. The minimum absolute atomic E-state index is 0.192. The molecular formula is C16H25NO2. The van der Waals surface area contributed by atoms with E-state index in [1.807, 2.05) is 0 Å². The maximum Gasteiger partial charge on any atom is 0.305 e. The molecule has 0 amide bonds. The lowest BCUT2D eigenvalue weighted by Crippen LogP contribution is -2.26. The number of carboxylic acid groups (broad SMARTS) is 1. The first-order chi connectivity index (χ1) is 9.17. The molecular weight excluding hydrogens is 238 g/mol. The number of anilines is 1. The second-order valence-corrected chi connectivity index (χ2v) is 4.90. The molecule has 0 radical (unpaired) electrons. The van der Waals surface area contributed by atoms with Crippen LogP contribution in [0.25, 0.3) is 0 Å². The van der Waals surface area contributed by atoms with E-state index >= 15 is 0 Å². The SMILES string of the molecule is CCCCc1ccc(N(CCC)CCC(=O)O)cc1. The van der Waals surface area contributed by atoms with Gasteiger partial charge in [-0.3, -0.25) is 4.79 Å². The fraction of sp³-hybridized carbons (Fsp3) is 0.562. The van der Waals surface area contributed by atoms with Crippen molar-refractivity contribution in [1.82, 2.24) is 0 Å². The highest BCUT2D eigenvalue weighted by molar-refractivity contribution is 5.67. The number of hydrogen-bond donors (Lipinski definition) is 1. The number of aryl methyl sites for hydroxylation is 1. The van der Waals surface area contributed by atoms with Crippen LogP contribution in [0.1, 0.15) is 45.1 Å². The molecule has 1 rings (SSSR count). The van der Waals surface area contributed by atoms with Gasteiger partial charge in [-0.05, 0) is 37.0 Å². The summed E-state index contributed by atoms with van der Waals surface area (Å²) in [5.41, 5.74) is 2.49. The highest BCUT2D eigenvalue weighted by Crippen LogP contribution is 2.17. The topological polar surface area (TPSA) is 40.5 Å². The molecule has 0 spiro atoms. The molecule has 19 heavy (non-hydrogen) atoms. The van der Waals surface area contributed by atoms with E-state index in [1.54, 1.807) is 0 Å². The molecule has 0 heterocycles. The summed E-state index contributed by atoms with van der Waals surface area (Å²) in [5, 5.41) is 8.79. The van der Waals surface area contributed by atoms with Gasteiger partial charge in [0, 0.05) is 18.8 Å². The van der Waals surface area contributed by atoms with E-state index in [0.717, 1.165) is 25.1 Å². The standard InChI is InChI=1S/C16H25NO2/c1-3-5-6-14-7-9-15(10-8-14)17(12-4-2)13-11-16(18)19/h7-10H,3-6,11-13H2,1-2H3,(H,18,19). The Morgan fingerprint density at radius 3 is 2.32 bits per heavy atom. The zero-order valence-corrected chi connectivity index (χ0v) is 12.1. The van der Waals surface area contributed by atoms with Crippen LogP contribution in [0.4, 0.5) is 5.69 Å². The summed E-state index contributed by atoms with van der Waals surface area (Å²) >= 11 is 0. The first-order valence-electron chi connectivity index (χ1n) is 7.23. The van der Waals surface area contributed by atoms with Crippen molar-refractivity contribution in [3.8, 4) is 0 Å². The molecule has 0 aliphatic heterocycles. The van der Waals surface area contributed by atoms with Crippen LogP contribution in [0, 0.1) is 0 Å². The van der Waals surface area contributed by atoms with E-state index in [1.165, 1.54) is 18.4 Å². The molecule has 1 N–H and O–H groups in total. The first kappa shape index (κ1) is 15.5. The number of carbonyl (C=O) groups is 1. The van der Waals surface area contributed by atoms with E-state index in [2.05, 4.69) is 43.0 Å². The monoisotopic (exact) mass is 263 g/mol. The second kappa shape index (κ2) is 8.57. The molecule has 106 valence electrons. The summed E-state index contributed by atoms with van der Waals surface area (Å²) in [6.07, 6.45) is 4.77. The molecule has 0 aliphatic rings. The van der Waals surface area contributed by atoms with Crippen LogP contribution in [-0.2, 0) is 11.2 Å². The summed E-state index contributed by atoms with van der Waals surface area (Å²) in [5.74, 6) is -0.735. The molecule has 0 unspecified atom stereocenters. The molecule has 0 saturated carbocycles. The van der Waals surface area contributed by atoms with Gasteiger partial charge in [0.25, 0.3) is 0 Å². The summed E-state index contributed by atoms with van der Waals surface area (Å²) in [7, 11) is 0. The molecule has 1 aromatic carbocycles. The van der Waals surface area contributed by atoms with Crippen molar-refractivity contribution in [2.75, 3.05) is 18.0 Å². The highest BCUT2D eigenvalue weighted by Gasteiger charge is 2.07. The lowest BCUT2D eigenvalue weighted by molar-refractivity contribution is -0.136. The maximum absolute atomic E-state index is 10.7. The maximum atomic E-state index is 10.7. The van der Waals surface area contributed by atoms with Crippen molar-refractivity contribution in [3.63, 3.8) is 0 Å². The number of benzene rings is 1. The van der Waals surface area contributed by atoms with E-state index in [4.69, 9.17) is 5.11 Å². The van der Waals surface area contributed by atoms with Gasteiger partial charge >= 0.3 is 5.97 Å². The van der Waals surface area contributed by atoms with Gasteiger partial charge in [-0.25, -0.2) is 0 Å². The molecule has 0 atom stereocenters. The summed E-state index contributed by atoms with van der Waals surface area (Å²) in [6, 6.07) is 8.55. The van der Waals surface area contributed by atoms with E-state index < -0.39 is 5.97 Å². The van der Waals surface area contributed by atoms with Crippen LogP contribution in [0.2, 0.25) is 0 Å². The molecule has 3 nitrogen and oxygen atoms in total. The normalized spacial score (nSPS) is 10.4. The summed E-state index contributed by atoms with van der Waals surface area (Å²) < 4.78 is 0. The van der Waals surface area contributed by atoms with Gasteiger partial charge in [-0.2, -0.15) is 0 Å². The fourth-order valence-corrected chi connectivity index (χ4v) is 2.12. The van der Waals surface area contributed by atoms with Crippen LogP contribution >= 0.6 is 0 Å². The number of unbranched alkanes of at least 4 members (excludes halogenated alkanes) is 1. The second-order valence-electron chi connectivity index (χ2n) is 4.90. The molecule has 0 aliphatic carbocycles. The Bertz CT molecular complexity index is 373. The van der Waals surface area contributed by atoms with Crippen LogP contribution in [0.3, 0.4) is 0 Å². The molecule has 0 fully saturated rings. The van der Waals surface area contributed by atoms with E-state index in [-0.39, 0.29) is 6.42 Å². The number of rotatable bonds is 9. The Hall–Kier alpha value is -1.51. The van der Waals surface area contributed by atoms with Crippen molar-refractivity contribution in [3.05, 3.63) is 29.8 Å². The van der Waals surface area contributed by atoms with Crippen molar-refractivity contribution < 1.29 is 9.90 Å². The van der Waals surface area contributed by atoms with Gasteiger partial charge in [0.05, 0.1) is 6.42 Å². The highest BCUT2D eigenvalue weighted by atomic mass is 16.4. The third kappa shape index (κ3) is 5.77. The van der Waals surface area contributed by atoms with Crippen LogP contribution < -0.4 is 4.90 Å². The summed E-state index contributed by atoms with van der Waals surface area (Å²) in [6.45, 7) is 5.80. The van der Waals surface area contributed by atoms with Gasteiger partial charge in [-0.1, -0.05) is 32.4 Å². The van der Waals surface area contributed by atoms with Gasteiger partial charge in [0.1, 0.15) is 0 Å². The third-order valence-electron chi connectivity index (χ3n) is 3.21. The van der Waals surface area contributed by atoms with Crippen molar-refractivity contribution in [1.29, 1.82) is 0 Å². The smallest absolute Gasteiger partial charge is 0.305 e. The number of carboxylic acids is 1. The van der Waals surface area contributed by atoms with Crippen molar-refractivity contribution in [2.24, 2.45) is 0 Å². The molecule has 0 saturated heterocycles. The van der Waals surface area contributed by atoms with Gasteiger partial charge in [0.15, 0.2) is 0 Å². The minimum atomic E-state index is -0.735. The third-order valence-corrected chi connectivity index (χ3v) is 3.21. The molecule has 3 heteroatoms. The Morgan fingerprint density at radius 1 is 1.11 bits per heavy atom. The Labute approximate surface area is 116 Å². The number of nitrogens with zero attached hydrogens (tertiary/aromatic N) is 1. The van der Waals surface area contributed by atoms with Gasteiger partial charge < -0.3 is 10.0 Å². The van der Waals surface area contributed by atoms with Crippen LogP contribution in [0.5, 0.6) is 0 Å². The zero-order valence-electron chi connectivity index (χ0n) is 12.1. The number of hydrogen-bond acceptors (Lipinski definition) is 2. The van der Waals surface area contributed by atoms with Gasteiger partial charge in [0.2, 0.25) is 0 Å². The quantitative estimate of drug-likeness (QED) is 0.738.